The van der Waals surface area contributed by atoms with Crippen molar-refractivity contribution in [3.63, 3.8) is 0 Å². The lowest BCUT2D eigenvalue weighted by atomic mass is 10.1. The van der Waals surface area contributed by atoms with Gasteiger partial charge in [0.15, 0.2) is 0 Å². The number of aromatic carboxylic acids is 1. The molecule has 0 aliphatic rings. The van der Waals surface area contributed by atoms with E-state index in [9.17, 15) is 4.79 Å². The molecule has 2 rings (SSSR count). The number of ether oxygens (including phenoxy) is 1. The van der Waals surface area contributed by atoms with Crippen molar-refractivity contribution in [1.82, 2.24) is 4.98 Å². The van der Waals surface area contributed by atoms with Crippen molar-refractivity contribution in [2.75, 3.05) is 7.11 Å². The maximum absolute atomic E-state index is 10.9. The fourth-order valence-corrected chi connectivity index (χ4v) is 1.90. The Morgan fingerprint density at radius 3 is 2.81 bits per heavy atom. The number of thiazole rings is 1. The van der Waals surface area contributed by atoms with E-state index in [1.165, 1.54) is 24.5 Å². The Balaban J connectivity index is 2.53. The van der Waals surface area contributed by atoms with Crippen LogP contribution in [-0.4, -0.2) is 23.2 Å². The number of carbonyl (C=O) groups is 1. The first-order valence-corrected chi connectivity index (χ1v) is 5.46. The normalized spacial score (nSPS) is 10.1. The monoisotopic (exact) mass is 235 g/mol. The van der Waals surface area contributed by atoms with Crippen LogP contribution in [0.25, 0.3) is 11.3 Å². The van der Waals surface area contributed by atoms with Crippen LogP contribution in [0.15, 0.2) is 29.1 Å². The summed E-state index contributed by atoms with van der Waals surface area (Å²) in [7, 11) is 1.51. The van der Waals surface area contributed by atoms with E-state index in [4.69, 9.17) is 9.84 Å². The molecule has 0 radical (unpaired) electrons. The van der Waals surface area contributed by atoms with Gasteiger partial charge in [-0.3, -0.25) is 0 Å². The summed E-state index contributed by atoms with van der Waals surface area (Å²) in [5.74, 6) is -0.460. The quantitative estimate of drug-likeness (QED) is 0.888. The minimum atomic E-state index is -0.977. The molecule has 0 aliphatic carbocycles. The minimum absolute atomic E-state index is 0.197. The van der Waals surface area contributed by atoms with Crippen molar-refractivity contribution in [2.24, 2.45) is 0 Å². The lowest BCUT2D eigenvalue weighted by molar-refractivity contribution is 0.0696. The maximum Gasteiger partial charge on any atom is 0.335 e. The van der Waals surface area contributed by atoms with Crippen molar-refractivity contribution in [3.05, 3.63) is 34.7 Å². The molecule has 0 aliphatic heterocycles. The molecule has 0 spiro atoms. The second-order valence-corrected chi connectivity index (χ2v) is 3.85. The van der Waals surface area contributed by atoms with Gasteiger partial charge < -0.3 is 9.84 Å². The van der Waals surface area contributed by atoms with Gasteiger partial charge in [0.25, 0.3) is 0 Å². The first kappa shape index (κ1) is 10.6. The summed E-state index contributed by atoms with van der Waals surface area (Å²) in [5, 5.41) is 10.8. The molecule has 1 aromatic heterocycles. The molecular weight excluding hydrogens is 226 g/mol. The second-order valence-electron chi connectivity index (χ2n) is 3.13. The van der Waals surface area contributed by atoms with Gasteiger partial charge in [0.2, 0.25) is 0 Å². The molecule has 4 nitrogen and oxygen atoms in total. The number of rotatable bonds is 3. The van der Waals surface area contributed by atoms with E-state index in [1.54, 1.807) is 17.6 Å². The highest BCUT2D eigenvalue weighted by atomic mass is 32.1. The molecule has 0 saturated heterocycles. The van der Waals surface area contributed by atoms with Crippen molar-refractivity contribution in [3.8, 4) is 17.0 Å². The number of hydrogen-bond acceptors (Lipinski definition) is 4. The van der Waals surface area contributed by atoms with Crippen LogP contribution in [-0.2, 0) is 0 Å². The van der Waals surface area contributed by atoms with Crippen molar-refractivity contribution < 1.29 is 14.6 Å². The van der Waals surface area contributed by atoms with E-state index in [1.807, 2.05) is 5.38 Å². The largest absolute Gasteiger partial charge is 0.497 e. The Bertz CT molecular complexity index is 508. The topological polar surface area (TPSA) is 59.4 Å². The van der Waals surface area contributed by atoms with Crippen LogP contribution in [0.3, 0.4) is 0 Å². The molecule has 1 aromatic carbocycles. The number of hydrogen-bond donors (Lipinski definition) is 1. The number of nitrogens with zero attached hydrogens (tertiary/aromatic N) is 1. The highest BCUT2D eigenvalue weighted by Crippen LogP contribution is 2.25. The fraction of sp³-hybridized carbons (Fsp3) is 0.0909. The van der Waals surface area contributed by atoms with E-state index in [2.05, 4.69) is 4.98 Å². The van der Waals surface area contributed by atoms with E-state index in [0.717, 1.165) is 11.3 Å². The summed E-state index contributed by atoms with van der Waals surface area (Å²) >= 11 is 1.46. The average Bonchev–Trinajstić information content (AvgIpc) is 2.81. The smallest absolute Gasteiger partial charge is 0.335 e. The molecule has 5 heteroatoms. The lowest BCUT2D eigenvalue weighted by Crippen LogP contribution is -1.97. The standard InChI is InChI=1S/C11H9NO3S/c1-15-9-3-7(10-5-16-6-12-10)2-8(4-9)11(13)14/h2-6H,1H3,(H,13,14). The van der Waals surface area contributed by atoms with Gasteiger partial charge in [0, 0.05) is 10.9 Å². The Hall–Kier alpha value is -1.88. The first-order chi connectivity index (χ1) is 7.70. The minimum Gasteiger partial charge on any atom is -0.497 e. The number of carboxylic acids is 1. The van der Waals surface area contributed by atoms with E-state index < -0.39 is 5.97 Å². The van der Waals surface area contributed by atoms with Gasteiger partial charge in [-0.2, -0.15) is 0 Å². The number of carboxylic acid groups (broad SMARTS) is 1. The Kier molecular flexibility index (Phi) is 2.87. The molecule has 16 heavy (non-hydrogen) atoms. The molecule has 2 aromatic rings. The van der Waals surface area contributed by atoms with Gasteiger partial charge in [-0.05, 0) is 18.2 Å². The van der Waals surface area contributed by atoms with Crippen LogP contribution in [0.5, 0.6) is 5.75 Å². The van der Waals surface area contributed by atoms with Gasteiger partial charge in [-0.25, -0.2) is 9.78 Å². The summed E-state index contributed by atoms with van der Waals surface area (Å²) in [6, 6.07) is 4.83. The molecule has 1 N–H and O–H groups in total. The third-order valence-electron chi connectivity index (χ3n) is 2.12. The van der Waals surface area contributed by atoms with Crippen LogP contribution in [0.4, 0.5) is 0 Å². The summed E-state index contributed by atoms with van der Waals surface area (Å²) in [6.45, 7) is 0. The summed E-state index contributed by atoms with van der Waals surface area (Å²) in [4.78, 5) is 15.0. The van der Waals surface area contributed by atoms with Crippen LogP contribution < -0.4 is 4.74 Å². The van der Waals surface area contributed by atoms with Gasteiger partial charge in [0.05, 0.1) is 23.9 Å². The maximum atomic E-state index is 10.9. The molecule has 0 bridgehead atoms. The number of benzene rings is 1. The van der Waals surface area contributed by atoms with Gasteiger partial charge >= 0.3 is 5.97 Å². The van der Waals surface area contributed by atoms with Crippen molar-refractivity contribution in [2.45, 2.75) is 0 Å². The van der Waals surface area contributed by atoms with E-state index in [-0.39, 0.29) is 5.56 Å². The van der Waals surface area contributed by atoms with E-state index in [0.29, 0.717) is 5.75 Å². The highest BCUT2D eigenvalue weighted by Gasteiger charge is 2.09. The van der Waals surface area contributed by atoms with Gasteiger partial charge in [-0.1, -0.05) is 0 Å². The average molecular weight is 235 g/mol. The zero-order valence-corrected chi connectivity index (χ0v) is 9.32. The first-order valence-electron chi connectivity index (χ1n) is 4.51. The molecule has 0 atom stereocenters. The molecule has 0 unspecified atom stereocenters. The zero-order valence-electron chi connectivity index (χ0n) is 8.51. The predicted molar refractivity (Wildman–Crippen MR) is 61.1 cm³/mol. The van der Waals surface area contributed by atoms with Crippen LogP contribution in [0, 0.1) is 0 Å². The van der Waals surface area contributed by atoms with Crippen molar-refractivity contribution in [1.29, 1.82) is 0 Å². The van der Waals surface area contributed by atoms with Crippen molar-refractivity contribution >= 4 is 17.3 Å². The van der Waals surface area contributed by atoms with Crippen LogP contribution >= 0.6 is 11.3 Å². The summed E-state index contributed by atoms with van der Waals surface area (Å²) < 4.78 is 5.06. The molecule has 1 heterocycles. The predicted octanol–water partition coefficient (Wildman–Crippen LogP) is 2.52. The Morgan fingerprint density at radius 2 is 2.25 bits per heavy atom. The second kappa shape index (κ2) is 4.32. The van der Waals surface area contributed by atoms with Gasteiger partial charge in [0.1, 0.15) is 5.75 Å². The third kappa shape index (κ3) is 2.04. The number of aromatic nitrogens is 1. The van der Waals surface area contributed by atoms with Crippen LogP contribution in [0.1, 0.15) is 10.4 Å². The Labute approximate surface area is 96.1 Å². The SMILES string of the molecule is COc1cc(C(=O)O)cc(-c2cscn2)c1. The summed E-state index contributed by atoms with van der Waals surface area (Å²) in [6.07, 6.45) is 0. The molecule has 0 saturated carbocycles. The molecular formula is C11H9NO3S. The highest BCUT2D eigenvalue weighted by molar-refractivity contribution is 7.07. The molecule has 0 fully saturated rings. The zero-order chi connectivity index (χ0) is 11.5. The van der Waals surface area contributed by atoms with E-state index >= 15 is 0 Å². The molecule has 82 valence electrons. The third-order valence-corrected chi connectivity index (χ3v) is 2.70. The molecule has 0 amide bonds. The Morgan fingerprint density at radius 1 is 1.44 bits per heavy atom. The fourth-order valence-electron chi connectivity index (χ4n) is 1.34. The number of methoxy groups -OCH3 is 1. The lowest BCUT2D eigenvalue weighted by Gasteiger charge is -2.04. The van der Waals surface area contributed by atoms with Gasteiger partial charge in [-0.15, -0.1) is 11.3 Å². The van der Waals surface area contributed by atoms with Crippen LogP contribution in [0.2, 0.25) is 0 Å². The summed E-state index contributed by atoms with van der Waals surface area (Å²) in [5.41, 5.74) is 3.40.